The molecule has 0 aliphatic carbocycles. The molecule has 0 aliphatic rings. The first kappa shape index (κ1) is 31.5. The molecule has 0 amide bonds. The highest BCUT2D eigenvalue weighted by Crippen LogP contribution is 2.40. The second kappa shape index (κ2) is 12.1. The summed E-state index contributed by atoms with van der Waals surface area (Å²) < 4.78 is 75.6. The summed E-state index contributed by atoms with van der Waals surface area (Å²) in [4.78, 5) is 20.1. The van der Waals surface area contributed by atoms with Crippen LogP contribution in [0.3, 0.4) is 0 Å². The summed E-state index contributed by atoms with van der Waals surface area (Å²) >= 11 is 0. The fourth-order valence-corrected chi connectivity index (χ4v) is 5.90. The number of aliphatic hydroxyl groups excluding tert-OH is 1. The number of carbonyl (C=O) groups is 1. The maximum atomic E-state index is 15.1. The predicted molar refractivity (Wildman–Crippen MR) is 156 cm³/mol. The monoisotopic (exact) mass is 613 g/mol. The predicted octanol–water partition coefficient (Wildman–Crippen LogP) is 6.24. The number of halogens is 3. The van der Waals surface area contributed by atoms with Gasteiger partial charge in [0.05, 0.1) is 23.1 Å². The Kier molecular flexibility index (Phi) is 8.84. The van der Waals surface area contributed by atoms with Gasteiger partial charge in [-0.1, -0.05) is 31.7 Å². The number of aromatic amines is 2. The fraction of sp³-hybridized carbons (Fsp3) is 0.226. The van der Waals surface area contributed by atoms with Crippen molar-refractivity contribution in [1.29, 1.82) is 0 Å². The largest absolute Gasteiger partial charge is 0.453 e. The van der Waals surface area contributed by atoms with Crippen LogP contribution in [0.15, 0.2) is 65.8 Å². The van der Waals surface area contributed by atoms with Crippen molar-refractivity contribution < 1.29 is 36.2 Å². The van der Waals surface area contributed by atoms with Crippen molar-refractivity contribution in [2.45, 2.75) is 37.5 Å². The lowest BCUT2D eigenvalue weighted by atomic mass is 9.80. The van der Waals surface area contributed by atoms with Crippen LogP contribution >= 0.6 is 0 Å². The van der Waals surface area contributed by atoms with Gasteiger partial charge in [0.25, 0.3) is 0 Å². The molecule has 0 bridgehead atoms. The third-order valence-corrected chi connectivity index (χ3v) is 8.34. The number of nitrogens with one attached hydrogen (secondary N) is 2. The number of rotatable bonds is 10. The van der Waals surface area contributed by atoms with Crippen LogP contribution in [0.1, 0.15) is 37.6 Å². The average Bonchev–Trinajstić information content (AvgIpc) is 3.65. The maximum absolute atomic E-state index is 15.1. The van der Waals surface area contributed by atoms with E-state index in [4.69, 9.17) is 4.74 Å². The highest BCUT2D eigenvalue weighted by Gasteiger charge is 2.32. The van der Waals surface area contributed by atoms with E-state index in [0.29, 0.717) is 18.5 Å². The molecule has 3 aromatic carbocycles. The van der Waals surface area contributed by atoms with Crippen molar-refractivity contribution in [3.05, 3.63) is 95.2 Å². The topological polar surface area (TPSA) is 125 Å². The number of hydrogen-bond donors (Lipinski definition) is 3. The highest BCUT2D eigenvalue weighted by molar-refractivity contribution is 7.91. The number of benzene rings is 3. The number of H-pyrrole nitrogens is 2. The van der Waals surface area contributed by atoms with Gasteiger partial charge in [-0.25, -0.2) is 22.2 Å². The van der Waals surface area contributed by atoms with E-state index in [1.165, 1.54) is 24.5 Å². The first-order valence-electron chi connectivity index (χ1n) is 12.8. The van der Waals surface area contributed by atoms with E-state index in [0.717, 1.165) is 35.8 Å². The quantitative estimate of drug-likeness (QED) is 0.127. The van der Waals surface area contributed by atoms with Gasteiger partial charge in [0.2, 0.25) is 5.82 Å². The van der Waals surface area contributed by atoms with Crippen LogP contribution in [0.25, 0.3) is 22.3 Å². The lowest BCUT2D eigenvalue weighted by Gasteiger charge is -2.27. The number of fused-ring (bicyclic) bond motifs is 1. The van der Waals surface area contributed by atoms with Crippen LogP contribution in [0.4, 0.5) is 13.2 Å². The SMILES string of the molecule is C.CC(CO)(c1cccc(CCC=O)c1)c1cnc(-c2cc(Oc3c(F)c(F)c4[nH]ccc4c3S(C)(=O)=O)ccc2F)[nH]1. The van der Waals surface area contributed by atoms with Gasteiger partial charge in [-0.2, -0.15) is 4.39 Å². The maximum Gasteiger partial charge on any atom is 0.204 e. The van der Waals surface area contributed by atoms with Crippen LogP contribution < -0.4 is 4.74 Å². The van der Waals surface area contributed by atoms with Gasteiger partial charge in [0.1, 0.15) is 28.6 Å². The second-order valence-corrected chi connectivity index (χ2v) is 12.1. The zero-order valence-electron chi connectivity index (χ0n) is 22.5. The zero-order chi connectivity index (χ0) is 30.2. The van der Waals surface area contributed by atoms with Gasteiger partial charge >= 0.3 is 0 Å². The van der Waals surface area contributed by atoms with E-state index in [2.05, 4.69) is 15.0 Å². The van der Waals surface area contributed by atoms with Gasteiger partial charge in [0, 0.05) is 36.2 Å². The first-order valence-corrected chi connectivity index (χ1v) is 14.7. The molecule has 0 radical (unpaired) electrons. The van der Waals surface area contributed by atoms with Gasteiger partial charge in [-0.3, -0.25) is 0 Å². The van der Waals surface area contributed by atoms with Gasteiger partial charge in [-0.15, -0.1) is 0 Å². The van der Waals surface area contributed by atoms with Crippen molar-refractivity contribution in [3.8, 4) is 22.9 Å². The standard InChI is InChI=1S/C30H26F3N3O5S.CH4/c1-30(16-38,18-7-3-5-17(13-18)6-4-12-37)23-15-35-29(36-23)21-14-19(8-9-22(21)31)41-27-25(33)24(32)26-20(10-11-34-26)28(27)42(2,39)40;/h3,5,7-15,34,38H,4,6,16H2,1-2H3,(H,35,36);1H4. The molecule has 43 heavy (non-hydrogen) atoms. The second-order valence-electron chi connectivity index (χ2n) is 10.1. The number of nitrogens with zero attached hydrogens (tertiary/aromatic N) is 1. The number of carbonyl (C=O) groups excluding carboxylic acids is 1. The number of hydrogen-bond acceptors (Lipinski definition) is 6. The molecule has 0 saturated heterocycles. The van der Waals surface area contributed by atoms with Gasteiger partial charge < -0.3 is 24.6 Å². The third-order valence-electron chi connectivity index (χ3n) is 7.19. The van der Waals surface area contributed by atoms with E-state index in [-0.39, 0.29) is 42.1 Å². The Bertz CT molecular complexity index is 1920. The van der Waals surface area contributed by atoms with E-state index in [1.807, 2.05) is 24.3 Å². The summed E-state index contributed by atoms with van der Waals surface area (Å²) in [5.41, 5.74) is 0.720. The van der Waals surface area contributed by atoms with Crippen molar-refractivity contribution in [2.75, 3.05) is 12.9 Å². The zero-order valence-corrected chi connectivity index (χ0v) is 23.4. The molecule has 0 spiro atoms. The minimum Gasteiger partial charge on any atom is -0.453 e. The molecule has 226 valence electrons. The molecule has 0 saturated carbocycles. The van der Waals surface area contributed by atoms with Gasteiger partial charge in [-0.05, 0) is 48.7 Å². The Morgan fingerprint density at radius 3 is 2.56 bits per heavy atom. The molecule has 5 rings (SSSR count). The number of ether oxygens (including phenoxy) is 1. The van der Waals surface area contributed by atoms with Crippen molar-refractivity contribution in [2.24, 2.45) is 0 Å². The Morgan fingerprint density at radius 2 is 1.86 bits per heavy atom. The smallest absolute Gasteiger partial charge is 0.204 e. The van der Waals surface area contributed by atoms with Crippen LogP contribution in [-0.4, -0.2) is 47.6 Å². The van der Waals surface area contributed by atoms with Crippen molar-refractivity contribution >= 4 is 27.0 Å². The molecule has 5 aromatic rings. The Morgan fingerprint density at radius 1 is 1.09 bits per heavy atom. The summed E-state index contributed by atoms with van der Waals surface area (Å²) in [6, 6.07) is 12.0. The molecule has 2 heterocycles. The summed E-state index contributed by atoms with van der Waals surface area (Å²) in [6.45, 7) is 1.46. The minimum absolute atomic E-state index is 0. The normalized spacial score (nSPS) is 13.0. The number of aliphatic hydroxyl groups is 1. The number of aromatic nitrogens is 3. The molecule has 0 aliphatic heterocycles. The lowest BCUT2D eigenvalue weighted by Crippen LogP contribution is -2.28. The molecule has 0 fully saturated rings. The van der Waals surface area contributed by atoms with Crippen molar-refractivity contribution in [3.63, 3.8) is 0 Å². The van der Waals surface area contributed by atoms with E-state index in [1.54, 1.807) is 6.92 Å². The summed E-state index contributed by atoms with van der Waals surface area (Å²) in [5, 5.41) is 10.3. The molecule has 3 N–H and O–H groups in total. The fourth-order valence-electron chi connectivity index (χ4n) is 4.86. The Hall–Kier alpha value is -4.42. The average molecular weight is 614 g/mol. The van der Waals surface area contributed by atoms with E-state index >= 15 is 8.78 Å². The molecule has 1 atom stereocenters. The molecular formula is C31H30F3N3O5S. The van der Waals surface area contributed by atoms with Gasteiger partial charge in [0.15, 0.2) is 21.4 Å². The van der Waals surface area contributed by atoms with Crippen LogP contribution in [0, 0.1) is 17.5 Å². The molecule has 12 heteroatoms. The molecular weight excluding hydrogens is 583 g/mol. The lowest BCUT2D eigenvalue weighted by molar-refractivity contribution is -0.107. The highest BCUT2D eigenvalue weighted by atomic mass is 32.2. The van der Waals surface area contributed by atoms with Crippen molar-refractivity contribution in [1.82, 2.24) is 15.0 Å². The minimum atomic E-state index is -4.10. The number of aryl methyl sites for hydroxylation is 1. The molecule has 8 nitrogen and oxygen atoms in total. The van der Waals surface area contributed by atoms with Crippen LogP contribution in [-0.2, 0) is 26.5 Å². The number of imidazole rings is 1. The first-order chi connectivity index (χ1) is 20.0. The third kappa shape index (κ3) is 5.80. The molecule has 1 unspecified atom stereocenters. The van der Waals surface area contributed by atoms with Crippen LogP contribution in [0.5, 0.6) is 11.5 Å². The number of sulfone groups is 1. The summed E-state index contributed by atoms with van der Waals surface area (Å²) in [6.07, 6.45) is 5.29. The summed E-state index contributed by atoms with van der Waals surface area (Å²) in [7, 11) is -4.10. The molecule has 2 aromatic heterocycles. The van der Waals surface area contributed by atoms with Crippen LogP contribution in [0.2, 0.25) is 0 Å². The van der Waals surface area contributed by atoms with E-state index < -0.39 is 43.3 Å². The summed E-state index contributed by atoms with van der Waals surface area (Å²) in [5.74, 6) is -4.54. The Labute approximate surface area is 246 Å². The number of aldehydes is 1. The Balaban J connectivity index is 0.00000423. The van der Waals surface area contributed by atoms with E-state index in [9.17, 15) is 22.7 Å².